The van der Waals surface area contributed by atoms with Gasteiger partial charge in [0.2, 0.25) is 0 Å². The summed E-state index contributed by atoms with van der Waals surface area (Å²) in [5, 5.41) is 8.19. The second kappa shape index (κ2) is 11.0. The first kappa shape index (κ1) is 27.1. The van der Waals surface area contributed by atoms with Crippen molar-refractivity contribution in [2.45, 2.75) is 44.8 Å². The Hall–Kier alpha value is -3.44. The monoisotopic (exact) mass is 558 g/mol. The number of aromatic nitrogens is 3. The van der Waals surface area contributed by atoms with Gasteiger partial charge in [-0.1, -0.05) is 12.1 Å². The van der Waals surface area contributed by atoms with Crippen molar-refractivity contribution in [3.05, 3.63) is 59.2 Å². The van der Waals surface area contributed by atoms with E-state index in [1.54, 1.807) is 33.3 Å². The Balaban J connectivity index is 1.25. The molecule has 4 heterocycles. The molecular weight excluding hydrogens is 527 g/mol. The quantitative estimate of drug-likeness (QED) is 0.331. The van der Waals surface area contributed by atoms with Gasteiger partial charge in [-0.2, -0.15) is 18.3 Å². The van der Waals surface area contributed by atoms with E-state index in [9.17, 15) is 18.0 Å². The molecule has 0 saturated carbocycles. The van der Waals surface area contributed by atoms with Crippen LogP contribution in [0.1, 0.15) is 42.8 Å². The Morgan fingerprint density at radius 2 is 1.82 bits per heavy atom. The number of amides is 1. The maximum Gasteiger partial charge on any atom is 0.410 e. The number of benzene rings is 1. The van der Waals surface area contributed by atoms with Gasteiger partial charge in [0.25, 0.3) is 5.91 Å². The number of hydrogen-bond acceptors (Lipinski definition) is 5. The lowest BCUT2D eigenvalue weighted by Crippen LogP contribution is -3.13. The number of rotatable bonds is 8. The van der Waals surface area contributed by atoms with Crippen molar-refractivity contribution in [2.24, 2.45) is 0 Å². The molecule has 1 saturated heterocycles. The Bertz CT molecular complexity index is 1440. The number of nitrogens with zero attached hydrogens (tertiary/aromatic N) is 3. The molecule has 1 amide bonds. The van der Waals surface area contributed by atoms with E-state index >= 15 is 0 Å². The molecule has 0 spiro atoms. The van der Waals surface area contributed by atoms with E-state index in [1.807, 2.05) is 30.5 Å². The standard InChI is InChI=1S/C28H30F3N5O2S/c1-27(2,28(29,30)31)34-26(37)24-14-20(18-39-24)23-16-33-36-17-21(15-32-25(23)36)19-6-8-22(9-7-19)38-13-12-35-10-4-3-5-11-35/h6-9,14-18H,3-5,10-13H2,1-2H3,(H,34,37)/p+1. The van der Waals surface area contributed by atoms with Crippen LogP contribution in [-0.2, 0) is 0 Å². The number of likely N-dealkylation sites (tertiary alicyclic amines) is 1. The van der Waals surface area contributed by atoms with Crippen LogP contribution in [-0.4, -0.2) is 58.5 Å². The fourth-order valence-electron chi connectivity index (χ4n) is 4.60. The summed E-state index contributed by atoms with van der Waals surface area (Å²) in [5.41, 5.74) is 1.44. The predicted molar refractivity (Wildman–Crippen MR) is 144 cm³/mol. The summed E-state index contributed by atoms with van der Waals surface area (Å²) in [7, 11) is 0. The second-order valence-electron chi connectivity index (χ2n) is 10.4. The first-order chi connectivity index (χ1) is 18.6. The van der Waals surface area contributed by atoms with E-state index in [4.69, 9.17) is 4.74 Å². The number of carbonyl (C=O) groups excluding carboxylic acids is 1. The minimum absolute atomic E-state index is 0.179. The van der Waals surface area contributed by atoms with Crippen molar-refractivity contribution < 1.29 is 27.6 Å². The first-order valence-electron chi connectivity index (χ1n) is 13.0. The van der Waals surface area contributed by atoms with Crippen molar-refractivity contribution in [3.63, 3.8) is 0 Å². The van der Waals surface area contributed by atoms with Crippen LogP contribution >= 0.6 is 11.3 Å². The number of fused-ring (bicyclic) bond motifs is 1. The molecule has 1 aromatic carbocycles. The molecule has 39 heavy (non-hydrogen) atoms. The maximum atomic E-state index is 13.2. The zero-order chi connectivity index (χ0) is 27.6. The summed E-state index contributed by atoms with van der Waals surface area (Å²) in [6, 6.07) is 9.45. The number of quaternary nitrogens is 1. The van der Waals surface area contributed by atoms with E-state index in [0.717, 1.165) is 48.6 Å². The van der Waals surface area contributed by atoms with Gasteiger partial charge in [0.15, 0.2) is 5.65 Å². The molecule has 4 aromatic rings. The molecule has 0 aliphatic carbocycles. The lowest BCUT2D eigenvalue weighted by Gasteiger charge is -2.28. The van der Waals surface area contributed by atoms with Crippen LogP contribution in [0.15, 0.2) is 54.3 Å². The van der Waals surface area contributed by atoms with Crippen molar-refractivity contribution in [2.75, 3.05) is 26.2 Å². The minimum atomic E-state index is -4.56. The molecule has 3 aromatic heterocycles. The minimum Gasteiger partial charge on any atom is -0.488 e. The number of piperidine rings is 1. The number of thiophene rings is 1. The van der Waals surface area contributed by atoms with Gasteiger partial charge in [0.05, 0.1) is 24.2 Å². The third-order valence-electron chi connectivity index (χ3n) is 7.10. The van der Waals surface area contributed by atoms with Crippen LogP contribution in [0.5, 0.6) is 5.75 Å². The number of halogens is 3. The van der Waals surface area contributed by atoms with Crippen molar-refractivity contribution >= 4 is 22.9 Å². The Labute approximate surface area is 228 Å². The molecule has 11 heteroatoms. The van der Waals surface area contributed by atoms with Crippen molar-refractivity contribution in [1.82, 2.24) is 19.9 Å². The summed E-state index contributed by atoms with van der Waals surface area (Å²) in [5.74, 6) is 0.0574. The second-order valence-corrected chi connectivity index (χ2v) is 11.3. The van der Waals surface area contributed by atoms with Crippen LogP contribution in [0, 0.1) is 0 Å². The zero-order valence-corrected chi connectivity index (χ0v) is 22.7. The summed E-state index contributed by atoms with van der Waals surface area (Å²) >= 11 is 1.07. The largest absolute Gasteiger partial charge is 0.488 e. The number of nitrogens with one attached hydrogen (secondary N) is 2. The molecule has 0 atom stereocenters. The summed E-state index contributed by atoms with van der Waals surface area (Å²) in [6.45, 7) is 6.05. The fourth-order valence-corrected chi connectivity index (χ4v) is 5.40. The predicted octanol–water partition coefficient (Wildman–Crippen LogP) is 4.64. The van der Waals surface area contributed by atoms with Crippen LogP contribution in [0.25, 0.3) is 27.9 Å². The van der Waals surface area contributed by atoms with Crippen LogP contribution in [0.3, 0.4) is 0 Å². The van der Waals surface area contributed by atoms with Crippen LogP contribution in [0.4, 0.5) is 13.2 Å². The average Bonchev–Trinajstić information content (AvgIpc) is 3.56. The number of ether oxygens (including phenoxy) is 1. The molecule has 7 nitrogen and oxygen atoms in total. The summed E-state index contributed by atoms with van der Waals surface area (Å²) < 4.78 is 47.1. The van der Waals surface area contributed by atoms with Gasteiger partial charge in [-0.05, 0) is 67.8 Å². The molecule has 0 unspecified atom stereocenters. The molecular formula is C28H31F3N5O2S+. The Kier molecular flexibility index (Phi) is 7.64. The van der Waals surface area contributed by atoms with E-state index in [1.165, 1.54) is 32.4 Å². The topological polar surface area (TPSA) is 73.0 Å². The van der Waals surface area contributed by atoms with Gasteiger partial charge in [-0.25, -0.2) is 9.50 Å². The molecule has 1 aliphatic rings. The van der Waals surface area contributed by atoms with Gasteiger partial charge in [0, 0.05) is 23.5 Å². The van der Waals surface area contributed by atoms with Crippen LogP contribution in [0.2, 0.25) is 0 Å². The highest BCUT2D eigenvalue weighted by Crippen LogP contribution is 2.32. The van der Waals surface area contributed by atoms with Gasteiger partial charge < -0.3 is 15.0 Å². The molecule has 206 valence electrons. The highest BCUT2D eigenvalue weighted by atomic mass is 32.1. The van der Waals surface area contributed by atoms with E-state index in [-0.39, 0.29) is 4.88 Å². The Morgan fingerprint density at radius 3 is 2.54 bits per heavy atom. The molecule has 0 bridgehead atoms. The highest BCUT2D eigenvalue weighted by molar-refractivity contribution is 7.12. The van der Waals surface area contributed by atoms with Crippen molar-refractivity contribution in [1.29, 1.82) is 0 Å². The number of alkyl halides is 3. The van der Waals surface area contributed by atoms with E-state index in [0.29, 0.717) is 23.4 Å². The van der Waals surface area contributed by atoms with Crippen molar-refractivity contribution in [3.8, 4) is 28.0 Å². The molecule has 1 aliphatic heterocycles. The summed E-state index contributed by atoms with van der Waals surface area (Å²) in [4.78, 5) is 18.8. The lowest BCUT2D eigenvalue weighted by atomic mass is 10.1. The fraction of sp³-hybridized carbons (Fsp3) is 0.393. The van der Waals surface area contributed by atoms with Gasteiger partial charge in [-0.3, -0.25) is 4.79 Å². The van der Waals surface area contributed by atoms with Crippen LogP contribution < -0.4 is 15.0 Å². The first-order valence-corrected chi connectivity index (χ1v) is 13.9. The number of carbonyl (C=O) groups is 1. The van der Waals surface area contributed by atoms with Gasteiger partial charge in [-0.15, -0.1) is 11.3 Å². The van der Waals surface area contributed by atoms with E-state index < -0.39 is 17.6 Å². The summed E-state index contributed by atoms with van der Waals surface area (Å²) in [6.07, 6.45) is 4.64. The SMILES string of the molecule is CC(C)(NC(=O)c1cc(-c2cnn3cc(-c4ccc(OCC[NH+]5CCCCC5)cc4)cnc23)cs1)C(F)(F)F. The maximum absolute atomic E-state index is 13.2. The molecule has 0 radical (unpaired) electrons. The normalized spacial score (nSPS) is 15.0. The molecule has 5 rings (SSSR count). The lowest BCUT2D eigenvalue weighted by molar-refractivity contribution is -0.904. The number of hydrogen-bond donors (Lipinski definition) is 2. The molecule has 1 fully saturated rings. The molecule has 2 N–H and O–H groups in total. The average molecular weight is 559 g/mol. The smallest absolute Gasteiger partial charge is 0.410 e. The van der Waals surface area contributed by atoms with Gasteiger partial charge in [0.1, 0.15) is 24.4 Å². The Morgan fingerprint density at radius 1 is 1.08 bits per heavy atom. The van der Waals surface area contributed by atoms with Gasteiger partial charge >= 0.3 is 6.18 Å². The van der Waals surface area contributed by atoms with E-state index in [2.05, 4.69) is 15.4 Å². The third kappa shape index (κ3) is 6.09. The zero-order valence-electron chi connectivity index (χ0n) is 21.8. The third-order valence-corrected chi connectivity index (χ3v) is 8.03. The highest BCUT2D eigenvalue weighted by Gasteiger charge is 2.48.